The molecule has 5 rings (SSSR count). The van der Waals surface area contributed by atoms with Gasteiger partial charge in [-0.25, -0.2) is 9.78 Å². The van der Waals surface area contributed by atoms with E-state index < -0.39 is 18.5 Å². The maximum absolute atomic E-state index is 12.9. The van der Waals surface area contributed by atoms with E-state index in [4.69, 9.17) is 0 Å². The number of carbonyl (C=O) groups excluding carboxylic acids is 2. The van der Waals surface area contributed by atoms with Gasteiger partial charge in [0.1, 0.15) is 12.5 Å². The van der Waals surface area contributed by atoms with E-state index in [1.807, 2.05) is 48.7 Å². The number of aromatic nitrogens is 1. The molecule has 3 atom stereocenters. The Bertz CT molecular complexity index is 1260. The molecule has 2 aromatic carbocycles. The van der Waals surface area contributed by atoms with Gasteiger partial charge in [-0.15, -0.1) is 11.3 Å². The number of hydrogen-bond acceptors (Lipinski definition) is 7. The number of thiazole rings is 1. The summed E-state index contributed by atoms with van der Waals surface area (Å²) >= 11 is 1.58. The molecule has 0 saturated carbocycles. The number of fused-ring (bicyclic) bond motifs is 1. The maximum atomic E-state index is 12.9. The maximum Gasteiger partial charge on any atom is 0.319 e. The second-order valence-corrected chi connectivity index (χ2v) is 9.90. The lowest BCUT2D eigenvalue weighted by Crippen LogP contribution is -2.56. The minimum absolute atomic E-state index is 0.130. The van der Waals surface area contributed by atoms with Gasteiger partial charge in [0.05, 0.1) is 16.7 Å². The molecule has 3 unspecified atom stereocenters. The van der Waals surface area contributed by atoms with Gasteiger partial charge >= 0.3 is 6.03 Å². The van der Waals surface area contributed by atoms with Crippen LogP contribution in [0.3, 0.4) is 0 Å². The Morgan fingerprint density at radius 1 is 1.23 bits per heavy atom. The van der Waals surface area contributed by atoms with Gasteiger partial charge in [0.25, 0.3) is 5.91 Å². The van der Waals surface area contributed by atoms with E-state index in [9.17, 15) is 19.8 Å². The van der Waals surface area contributed by atoms with Crippen LogP contribution in [0.1, 0.15) is 39.3 Å². The molecule has 0 aliphatic carbocycles. The number of benzene rings is 2. The lowest BCUT2D eigenvalue weighted by atomic mass is 10.0. The van der Waals surface area contributed by atoms with Crippen molar-refractivity contribution in [3.05, 3.63) is 69.5 Å². The third-order valence-electron chi connectivity index (χ3n) is 6.35. The van der Waals surface area contributed by atoms with Crippen LogP contribution in [0, 0.1) is 6.92 Å². The Balaban J connectivity index is 1.19. The zero-order chi connectivity index (χ0) is 24.5. The summed E-state index contributed by atoms with van der Waals surface area (Å²) in [6.45, 7) is 2.65. The normalized spacial score (nSPS) is 21.6. The first-order valence-corrected chi connectivity index (χ1v) is 12.4. The first-order valence-electron chi connectivity index (χ1n) is 11.5. The number of urea groups is 1. The molecule has 0 radical (unpaired) electrons. The van der Waals surface area contributed by atoms with Crippen LogP contribution in [0.25, 0.3) is 11.3 Å². The van der Waals surface area contributed by atoms with E-state index >= 15 is 0 Å². The van der Waals surface area contributed by atoms with Crippen LogP contribution < -0.4 is 16.0 Å². The highest BCUT2D eigenvalue weighted by atomic mass is 32.1. The van der Waals surface area contributed by atoms with Crippen LogP contribution in [-0.4, -0.2) is 50.5 Å². The summed E-state index contributed by atoms with van der Waals surface area (Å²) in [6, 6.07) is 12.3. The predicted octanol–water partition coefficient (Wildman–Crippen LogP) is 2.78. The van der Waals surface area contributed by atoms with Gasteiger partial charge in [-0.05, 0) is 49.1 Å². The molecular formula is C25H27N5O4S. The Labute approximate surface area is 206 Å². The number of piperidine rings is 1. The molecule has 0 bridgehead atoms. The highest BCUT2D eigenvalue weighted by molar-refractivity contribution is 7.09. The van der Waals surface area contributed by atoms with Gasteiger partial charge in [-0.1, -0.05) is 24.3 Å². The standard InChI is InChI=1S/C25H27N5O4S/c1-14-27-20(13-35-14)16-3-2-4-18(10-16)28-25(34)26-11-15-5-6-19-17(9-15)12-30(24(19)33)21-7-8-22(31)29-23(21)32/h2-6,9-10,13,21-23,29,31-32H,7-8,11-12H2,1H3,(H2,26,28,34). The SMILES string of the molecule is Cc1nc(-c2cccc(NC(=O)NCc3ccc4c(c3)CN(C3CCC(O)NC3O)C4=O)c2)cs1. The van der Waals surface area contributed by atoms with Gasteiger partial charge in [0.2, 0.25) is 0 Å². The van der Waals surface area contributed by atoms with Crippen molar-refractivity contribution in [2.75, 3.05) is 5.32 Å². The summed E-state index contributed by atoms with van der Waals surface area (Å²) in [5, 5.41) is 31.3. The average Bonchev–Trinajstić information content (AvgIpc) is 3.41. The zero-order valence-electron chi connectivity index (χ0n) is 19.2. The number of anilines is 1. The molecule has 182 valence electrons. The minimum atomic E-state index is -0.972. The molecule has 0 spiro atoms. The summed E-state index contributed by atoms with van der Waals surface area (Å²) in [7, 11) is 0. The second-order valence-electron chi connectivity index (χ2n) is 8.84. The van der Waals surface area contributed by atoms with Crippen LogP contribution in [-0.2, 0) is 13.1 Å². The predicted molar refractivity (Wildman–Crippen MR) is 133 cm³/mol. The van der Waals surface area contributed by atoms with E-state index in [2.05, 4.69) is 20.9 Å². The molecule has 1 fully saturated rings. The summed E-state index contributed by atoms with van der Waals surface area (Å²) in [5.74, 6) is -0.130. The topological polar surface area (TPSA) is 127 Å². The monoisotopic (exact) mass is 493 g/mol. The van der Waals surface area contributed by atoms with Crippen LogP contribution in [0.5, 0.6) is 0 Å². The second kappa shape index (κ2) is 9.74. The molecule has 2 aliphatic heterocycles. The quantitative estimate of drug-likeness (QED) is 0.372. The third kappa shape index (κ3) is 5.06. The molecule has 2 aliphatic rings. The molecule has 1 saturated heterocycles. The first kappa shape index (κ1) is 23.4. The molecule has 3 amide bonds. The van der Waals surface area contributed by atoms with Gasteiger partial charge in [0, 0.05) is 35.3 Å². The number of carbonyl (C=O) groups is 2. The van der Waals surface area contributed by atoms with E-state index in [0.29, 0.717) is 37.2 Å². The summed E-state index contributed by atoms with van der Waals surface area (Å²) in [6.07, 6.45) is -0.741. The van der Waals surface area contributed by atoms with Crippen molar-refractivity contribution in [3.63, 3.8) is 0 Å². The van der Waals surface area contributed by atoms with Crippen LogP contribution >= 0.6 is 11.3 Å². The Morgan fingerprint density at radius 3 is 2.86 bits per heavy atom. The van der Waals surface area contributed by atoms with E-state index in [1.165, 1.54) is 0 Å². The smallest absolute Gasteiger partial charge is 0.319 e. The van der Waals surface area contributed by atoms with Crippen LogP contribution in [0.2, 0.25) is 0 Å². The molecule has 1 aromatic heterocycles. The lowest BCUT2D eigenvalue weighted by molar-refractivity contribution is -0.0477. The van der Waals surface area contributed by atoms with Crippen molar-refractivity contribution in [2.24, 2.45) is 0 Å². The van der Waals surface area contributed by atoms with Gasteiger partial charge in [-0.2, -0.15) is 0 Å². The average molecular weight is 494 g/mol. The van der Waals surface area contributed by atoms with Crippen LogP contribution in [0.15, 0.2) is 47.8 Å². The summed E-state index contributed by atoms with van der Waals surface area (Å²) in [5.41, 5.74) is 4.83. The van der Waals surface area contributed by atoms with Crippen molar-refractivity contribution in [3.8, 4) is 11.3 Å². The number of nitrogens with zero attached hydrogens (tertiary/aromatic N) is 2. The van der Waals surface area contributed by atoms with Crippen LogP contribution in [0.4, 0.5) is 10.5 Å². The fraction of sp³-hybridized carbons (Fsp3) is 0.320. The number of aryl methyl sites for hydroxylation is 1. The Hall–Kier alpha value is -3.31. The summed E-state index contributed by atoms with van der Waals surface area (Å²) in [4.78, 5) is 31.5. The number of amides is 3. The van der Waals surface area contributed by atoms with Gasteiger partial charge in [0.15, 0.2) is 0 Å². The number of hydrogen-bond donors (Lipinski definition) is 5. The molecule has 3 heterocycles. The number of aliphatic hydroxyl groups is 2. The molecule has 9 nitrogen and oxygen atoms in total. The highest BCUT2D eigenvalue weighted by Crippen LogP contribution is 2.29. The molecule has 3 aromatic rings. The van der Waals surface area contributed by atoms with Crippen molar-refractivity contribution in [2.45, 2.75) is 51.4 Å². The highest BCUT2D eigenvalue weighted by Gasteiger charge is 2.38. The van der Waals surface area contributed by atoms with Crippen molar-refractivity contribution < 1.29 is 19.8 Å². The molecule has 5 N–H and O–H groups in total. The molecular weight excluding hydrogens is 466 g/mol. The fourth-order valence-corrected chi connectivity index (χ4v) is 5.21. The Kier molecular flexibility index (Phi) is 6.52. The number of nitrogens with one attached hydrogen (secondary N) is 3. The number of rotatable bonds is 5. The fourth-order valence-electron chi connectivity index (χ4n) is 4.59. The van der Waals surface area contributed by atoms with Gasteiger partial charge in [-0.3, -0.25) is 10.1 Å². The number of aliphatic hydroxyl groups excluding tert-OH is 2. The minimum Gasteiger partial charge on any atom is -0.379 e. The van der Waals surface area contributed by atoms with Crippen molar-refractivity contribution in [1.82, 2.24) is 20.5 Å². The van der Waals surface area contributed by atoms with Crippen molar-refractivity contribution in [1.29, 1.82) is 0 Å². The summed E-state index contributed by atoms with van der Waals surface area (Å²) < 4.78 is 0. The van der Waals surface area contributed by atoms with Gasteiger partial charge < -0.3 is 25.7 Å². The third-order valence-corrected chi connectivity index (χ3v) is 7.13. The lowest BCUT2D eigenvalue weighted by Gasteiger charge is -2.37. The zero-order valence-corrected chi connectivity index (χ0v) is 20.0. The molecule has 10 heteroatoms. The van der Waals surface area contributed by atoms with E-state index in [0.717, 1.165) is 27.4 Å². The first-order chi connectivity index (χ1) is 16.9. The van der Waals surface area contributed by atoms with E-state index in [-0.39, 0.29) is 11.9 Å². The Morgan fingerprint density at radius 2 is 2.09 bits per heavy atom. The largest absolute Gasteiger partial charge is 0.379 e. The van der Waals surface area contributed by atoms with Crippen molar-refractivity contribution >= 4 is 29.0 Å². The molecule has 35 heavy (non-hydrogen) atoms. The van der Waals surface area contributed by atoms with E-state index in [1.54, 1.807) is 22.3 Å².